The first-order valence-electron chi connectivity index (χ1n) is 9.44. The second-order valence-electron chi connectivity index (χ2n) is 7.16. The molecular formula is C20H21N3O6S2. The van der Waals surface area contributed by atoms with Crippen LogP contribution in [-0.2, 0) is 21.9 Å². The summed E-state index contributed by atoms with van der Waals surface area (Å²) >= 11 is 1.07. The summed E-state index contributed by atoms with van der Waals surface area (Å²) in [6.07, 6.45) is 1.04. The van der Waals surface area contributed by atoms with E-state index in [1.807, 2.05) is 0 Å². The first-order chi connectivity index (χ1) is 14.6. The molecule has 11 heteroatoms. The summed E-state index contributed by atoms with van der Waals surface area (Å²) < 4.78 is 39.4. The number of aryl methyl sites for hydroxylation is 1. The molecule has 1 atom stereocenters. The molecule has 0 saturated heterocycles. The van der Waals surface area contributed by atoms with Crippen molar-refractivity contribution in [3.8, 4) is 11.5 Å². The lowest BCUT2D eigenvalue weighted by Gasteiger charge is -2.29. The van der Waals surface area contributed by atoms with Gasteiger partial charge in [0.15, 0.2) is 11.5 Å². The highest BCUT2D eigenvalue weighted by molar-refractivity contribution is 7.92. The number of hydrogen-bond donors (Lipinski definition) is 1. The number of fused-ring (bicyclic) bond motifs is 2. The second kappa shape index (κ2) is 7.89. The molecule has 1 amide bonds. The van der Waals surface area contributed by atoms with Gasteiger partial charge in [-0.1, -0.05) is 11.3 Å². The van der Waals surface area contributed by atoms with Crippen LogP contribution >= 0.6 is 11.3 Å². The summed E-state index contributed by atoms with van der Waals surface area (Å²) in [4.78, 5) is 24.7. The Labute approximate surface area is 182 Å². The molecule has 9 nitrogen and oxygen atoms in total. The SMILES string of the molecule is CC(C(=O)Nc1ccc2c(c1)sc(=O)n2C)N(c1ccc2c(c1)OCCO2)S(C)(=O)=O. The summed E-state index contributed by atoms with van der Waals surface area (Å²) in [7, 11) is -2.11. The molecule has 1 unspecified atom stereocenters. The predicted molar refractivity (Wildman–Crippen MR) is 120 cm³/mol. The summed E-state index contributed by atoms with van der Waals surface area (Å²) in [6.45, 7) is 2.29. The molecule has 3 aromatic rings. The average molecular weight is 464 g/mol. The van der Waals surface area contributed by atoms with E-state index in [1.165, 1.54) is 11.5 Å². The average Bonchev–Trinajstić information content (AvgIpc) is 3.00. The van der Waals surface area contributed by atoms with Crippen molar-refractivity contribution in [2.75, 3.05) is 29.1 Å². The number of nitrogens with one attached hydrogen (secondary N) is 1. The van der Waals surface area contributed by atoms with Crippen molar-refractivity contribution in [1.29, 1.82) is 0 Å². The Balaban J connectivity index is 1.62. The summed E-state index contributed by atoms with van der Waals surface area (Å²) in [5.41, 5.74) is 1.53. The zero-order valence-electron chi connectivity index (χ0n) is 17.1. The van der Waals surface area contributed by atoms with Crippen molar-refractivity contribution >= 4 is 48.9 Å². The quantitative estimate of drug-likeness (QED) is 0.622. The lowest BCUT2D eigenvalue weighted by atomic mass is 10.2. The van der Waals surface area contributed by atoms with Crippen LogP contribution in [-0.4, -0.2) is 44.4 Å². The molecule has 1 aliphatic rings. The number of carbonyl (C=O) groups is 1. The number of sulfonamides is 1. The van der Waals surface area contributed by atoms with Gasteiger partial charge < -0.3 is 19.4 Å². The molecule has 31 heavy (non-hydrogen) atoms. The van der Waals surface area contributed by atoms with Gasteiger partial charge in [-0.25, -0.2) is 8.42 Å². The van der Waals surface area contributed by atoms with Crippen LogP contribution in [0.15, 0.2) is 41.2 Å². The molecule has 0 bridgehead atoms. The van der Waals surface area contributed by atoms with Gasteiger partial charge in [0.25, 0.3) is 0 Å². The fourth-order valence-electron chi connectivity index (χ4n) is 3.44. The summed E-state index contributed by atoms with van der Waals surface area (Å²) in [6, 6.07) is 8.82. The Morgan fingerprint density at radius 2 is 1.87 bits per heavy atom. The monoisotopic (exact) mass is 463 g/mol. The van der Waals surface area contributed by atoms with Crippen molar-refractivity contribution < 1.29 is 22.7 Å². The zero-order valence-corrected chi connectivity index (χ0v) is 18.7. The summed E-state index contributed by atoms with van der Waals surface area (Å²) in [5.74, 6) is 0.438. The van der Waals surface area contributed by atoms with E-state index in [1.54, 1.807) is 43.4 Å². The van der Waals surface area contributed by atoms with Gasteiger partial charge in [-0.05, 0) is 37.3 Å². The number of aromatic nitrogens is 1. The Hall–Kier alpha value is -3.05. The molecule has 0 spiro atoms. The van der Waals surface area contributed by atoms with Crippen LogP contribution in [0.5, 0.6) is 11.5 Å². The van der Waals surface area contributed by atoms with Gasteiger partial charge in [-0.15, -0.1) is 0 Å². The standard InChI is InChI=1S/C20H21N3O6S2/c1-12(19(24)21-13-4-6-15-18(10-13)30-20(25)22(15)2)23(31(3,26)27)14-5-7-16-17(11-14)29-9-8-28-16/h4-7,10-12H,8-9H2,1-3H3,(H,21,24). The highest BCUT2D eigenvalue weighted by Crippen LogP contribution is 2.35. The second-order valence-corrected chi connectivity index (χ2v) is 10.0. The number of benzene rings is 2. The number of amides is 1. The van der Waals surface area contributed by atoms with Crippen molar-refractivity contribution in [2.24, 2.45) is 7.05 Å². The molecule has 0 aliphatic carbocycles. The van der Waals surface area contributed by atoms with E-state index in [-0.39, 0.29) is 4.87 Å². The number of nitrogens with zero attached hydrogens (tertiary/aromatic N) is 2. The first kappa shape index (κ1) is 21.2. The highest BCUT2D eigenvalue weighted by Gasteiger charge is 2.30. The minimum absolute atomic E-state index is 0.103. The van der Waals surface area contributed by atoms with Gasteiger partial charge >= 0.3 is 4.87 Å². The largest absolute Gasteiger partial charge is 0.486 e. The molecule has 1 N–H and O–H groups in total. The van der Waals surface area contributed by atoms with Crippen molar-refractivity contribution in [3.05, 3.63) is 46.1 Å². The van der Waals surface area contributed by atoms with Crippen LogP contribution in [0.3, 0.4) is 0 Å². The minimum atomic E-state index is -3.78. The van der Waals surface area contributed by atoms with Crippen molar-refractivity contribution in [3.63, 3.8) is 0 Å². The highest BCUT2D eigenvalue weighted by atomic mass is 32.2. The topological polar surface area (TPSA) is 107 Å². The molecule has 1 aromatic heterocycles. The molecule has 0 saturated carbocycles. The van der Waals surface area contributed by atoms with E-state index in [2.05, 4.69) is 5.32 Å². The number of hydrogen-bond acceptors (Lipinski definition) is 7. The number of ether oxygens (including phenoxy) is 2. The van der Waals surface area contributed by atoms with Crippen LogP contribution in [0.4, 0.5) is 11.4 Å². The van der Waals surface area contributed by atoms with Gasteiger partial charge in [-0.3, -0.25) is 13.9 Å². The third-order valence-corrected chi connectivity index (χ3v) is 7.17. The van der Waals surface area contributed by atoms with Crippen molar-refractivity contribution in [1.82, 2.24) is 4.57 Å². The normalized spacial score (nSPS) is 14.3. The number of thiazole rings is 1. The number of rotatable bonds is 5. The van der Waals surface area contributed by atoms with Gasteiger partial charge in [0.05, 0.1) is 22.2 Å². The first-order valence-corrected chi connectivity index (χ1v) is 12.1. The smallest absolute Gasteiger partial charge is 0.307 e. The predicted octanol–water partition coefficient (Wildman–Crippen LogP) is 2.16. The maximum atomic E-state index is 12.9. The van der Waals surface area contributed by atoms with Crippen LogP contribution < -0.4 is 24.0 Å². The summed E-state index contributed by atoms with van der Waals surface area (Å²) in [5, 5.41) is 2.74. The third-order valence-electron chi connectivity index (χ3n) is 4.93. The molecular weight excluding hydrogens is 442 g/mol. The van der Waals surface area contributed by atoms with Crippen LogP contribution in [0, 0.1) is 0 Å². The van der Waals surface area contributed by atoms with E-state index in [4.69, 9.17) is 9.47 Å². The number of anilines is 2. The van der Waals surface area contributed by atoms with Crippen LogP contribution in [0.2, 0.25) is 0 Å². The molecule has 0 fully saturated rings. The third kappa shape index (κ3) is 4.10. The van der Waals surface area contributed by atoms with E-state index in [9.17, 15) is 18.0 Å². The van der Waals surface area contributed by atoms with Crippen molar-refractivity contribution in [2.45, 2.75) is 13.0 Å². The Morgan fingerprint density at radius 1 is 1.16 bits per heavy atom. The van der Waals surface area contributed by atoms with E-state index in [0.29, 0.717) is 36.1 Å². The molecule has 2 aromatic carbocycles. The Kier molecular flexibility index (Phi) is 5.40. The minimum Gasteiger partial charge on any atom is -0.486 e. The van der Waals surface area contributed by atoms with Gasteiger partial charge in [0.1, 0.15) is 19.3 Å². The molecule has 164 valence electrons. The number of carbonyl (C=O) groups excluding carboxylic acids is 1. The lowest BCUT2D eigenvalue weighted by Crippen LogP contribution is -2.45. The fourth-order valence-corrected chi connectivity index (χ4v) is 5.52. The van der Waals surface area contributed by atoms with Gasteiger partial charge in [0, 0.05) is 18.8 Å². The van der Waals surface area contributed by atoms with E-state index in [0.717, 1.165) is 32.1 Å². The maximum Gasteiger partial charge on any atom is 0.307 e. The zero-order chi connectivity index (χ0) is 22.3. The molecule has 1 aliphatic heterocycles. The van der Waals surface area contributed by atoms with Crippen LogP contribution in [0.25, 0.3) is 10.2 Å². The van der Waals surface area contributed by atoms with E-state index < -0.39 is 22.0 Å². The molecule has 4 rings (SSSR count). The lowest BCUT2D eigenvalue weighted by molar-refractivity contribution is -0.116. The molecule has 0 radical (unpaired) electrons. The van der Waals surface area contributed by atoms with E-state index >= 15 is 0 Å². The fraction of sp³-hybridized carbons (Fsp3) is 0.300. The Bertz CT molecular complexity index is 1330. The molecule has 2 heterocycles. The maximum absolute atomic E-state index is 12.9. The van der Waals surface area contributed by atoms with Gasteiger partial charge in [-0.2, -0.15) is 0 Å². The van der Waals surface area contributed by atoms with Gasteiger partial charge in [0.2, 0.25) is 15.9 Å². The Morgan fingerprint density at radius 3 is 2.58 bits per heavy atom. The van der Waals surface area contributed by atoms with Crippen LogP contribution in [0.1, 0.15) is 6.92 Å².